The van der Waals surface area contributed by atoms with E-state index in [0.29, 0.717) is 11.7 Å². The van der Waals surface area contributed by atoms with Gasteiger partial charge in [-0.15, -0.1) is 10.2 Å². The zero-order valence-electron chi connectivity index (χ0n) is 18.5. The number of imidazole rings is 1. The molecule has 0 aliphatic heterocycles. The fourth-order valence-corrected chi connectivity index (χ4v) is 4.56. The Morgan fingerprint density at radius 3 is 2.61 bits per heavy atom. The smallest absolute Gasteiger partial charge is 0.230 e. The van der Waals surface area contributed by atoms with Crippen molar-refractivity contribution < 1.29 is 4.79 Å². The summed E-state index contributed by atoms with van der Waals surface area (Å²) in [6.07, 6.45) is 7.75. The van der Waals surface area contributed by atoms with E-state index in [0.717, 1.165) is 41.6 Å². The van der Waals surface area contributed by atoms with E-state index in [1.165, 1.54) is 17.3 Å². The Kier molecular flexibility index (Phi) is 6.26. The van der Waals surface area contributed by atoms with E-state index in [1.807, 2.05) is 60.2 Å². The SMILES string of the molecule is C[C@@H](NC(=O)CSc1nnc(C2CC2)n1Cc1ccccc1)c1ccc(-n2ccnc2)cc1. The molecule has 1 aliphatic rings. The van der Waals surface area contributed by atoms with Crippen molar-refractivity contribution in [3.63, 3.8) is 0 Å². The maximum absolute atomic E-state index is 12.7. The third-order valence-corrected chi connectivity index (χ3v) is 6.74. The fraction of sp³-hybridized carbons (Fsp3) is 0.280. The molecule has 1 saturated carbocycles. The van der Waals surface area contributed by atoms with Crippen LogP contribution in [0.2, 0.25) is 0 Å². The van der Waals surface area contributed by atoms with Crippen molar-refractivity contribution >= 4 is 17.7 Å². The van der Waals surface area contributed by atoms with Crippen molar-refractivity contribution in [1.82, 2.24) is 29.6 Å². The van der Waals surface area contributed by atoms with Crippen molar-refractivity contribution in [2.45, 2.75) is 43.4 Å². The molecule has 0 unspecified atom stereocenters. The number of nitrogens with one attached hydrogen (secondary N) is 1. The van der Waals surface area contributed by atoms with Crippen molar-refractivity contribution in [2.75, 3.05) is 5.75 Å². The number of carbonyl (C=O) groups excluding carboxylic acids is 1. The van der Waals surface area contributed by atoms with Crippen LogP contribution in [0.1, 0.15) is 48.7 Å². The molecule has 7 nitrogen and oxygen atoms in total. The number of carbonyl (C=O) groups is 1. The van der Waals surface area contributed by atoms with Crippen molar-refractivity contribution in [3.8, 4) is 5.69 Å². The van der Waals surface area contributed by atoms with E-state index in [9.17, 15) is 4.79 Å². The highest BCUT2D eigenvalue weighted by Crippen LogP contribution is 2.40. The third kappa shape index (κ3) is 5.17. The van der Waals surface area contributed by atoms with Gasteiger partial charge in [-0.2, -0.15) is 0 Å². The summed E-state index contributed by atoms with van der Waals surface area (Å²) in [6.45, 7) is 2.72. The second-order valence-electron chi connectivity index (χ2n) is 8.33. The van der Waals surface area contributed by atoms with Crippen LogP contribution in [-0.2, 0) is 11.3 Å². The minimum atomic E-state index is -0.0841. The summed E-state index contributed by atoms with van der Waals surface area (Å²) in [7, 11) is 0. The van der Waals surface area contributed by atoms with Gasteiger partial charge >= 0.3 is 0 Å². The largest absolute Gasteiger partial charge is 0.349 e. The number of aromatic nitrogens is 5. The molecule has 4 aromatic rings. The molecule has 2 heterocycles. The lowest BCUT2D eigenvalue weighted by molar-refractivity contribution is -0.119. The van der Waals surface area contributed by atoms with Crippen LogP contribution in [0.25, 0.3) is 5.69 Å². The number of hydrogen-bond acceptors (Lipinski definition) is 5. The Morgan fingerprint density at radius 2 is 1.91 bits per heavy atom. The van der Waals surface area contributed by atoms with Gasteiger partial charge in [0.05, 0.1) is 24.7 Å². The molecule has 1 atom stereocenters. The lowest BCUT2D eigenvalue weighted by Gasteiger charge is -2.15. The Bertz CT molecular complexity index is 1200. The number of amides is 1. The Morgan fingerprint density at radius 1 is 1.12 bits per heavy atom. The Labute approximate surface area is 197 Å². The van der Waals surface area contributed by atoms with E-state index < -0.39 is 0 Å². The van der Waals surface area contributed by atoms with Crippen LogP contribution in [0.4, 0.5) is 0 Å². The molecule has 1 amide bonds. The maximum atomic E-state index is 12.7. The minimum absolute atomic E-state index is 0.0200. The molecular formula is C25H26N6OS. The van der Waals surface area contributed by atoms with E-state index >= 15 is 0 Å². The summed E-state index contributed by atoms with van der Waals surface area (Å²) in [5.74, 6) is 1.81. The quantitative estimate of drug-likeness (QED) is 0.377. The lowest BCUT2D eigenvalue weighted by atomic mass is 10.1. The van der Waals surface area contributed by atoms with Crippen LogP contribution in [0, 0.1) is 0 Å². The Hall–Kier alpha value is -3.39. The van der Waals surface area contributed by atoms with Gasteiger partial charge in [-0.25, -0.2) is 4.98 Å². The normalized spacial score (nSPS) is 14.2. The van der Waals surface area contributed by atoms with E-state index in [-0.39, 0.29) is 11.9 Å². The number of rotatable bonds is 9. The van der Waals surface area contributed by atoms with E-state index in [1.54, 1.807) is 12.5 Å². The first-order valence-corrected chi connectivity index (χ1v) is 12.1. The zero-order chi connectivity index (χ0) is 22.6. The Balaban J connectivity index is 1.20. The first-order chi connectivity index (χ1) is 16.2. The monoisotopic (exact) mass is 458 g/mol. The molecule has 0 spiro atoms. The maximum Gasteiger partial charge on any atom is 0.230 e. The summed E-state index contributed by atoms with van der Waals surface area (Å²) >= 11 is 1.45. The highest BCUT2D eigenvalue weighted by atomic mass is 32.2. The van der Waals surface area contributed by atoms with Crippen molar-refractivity contribution in [2.24, 2.45) is 0 Å². The number of nitrogens with zero attached hydrogens (tertiary/aromatic N) is 5. The number of thioether (sulfide) groups is 1. The van der Waals surface area contributed by atoms with E-state index in [2.05, 4.69) is 37.2 Å². The molecule has 2 aromatic heterocycles. The lowest BCUT2D eigenvalue weighted by Crippen LogP contribution is -2.28. The predicted molar refractivity (Wildman–Crippen MR) is 128 cm³/mol. The fourth-order valence-electron chi connectivity index (χ4n) is 3.81. The average molecular weight is 459 g/mol. The molecule has 33 heavy (non-hydrogen) atoms. The topological polar surface area (TPSA) is 77.6 Å². The van der Waals surface area contributed by atoms with Crippen LogP contribution in [0.5, 0.6) is 0 Å². The summed E-state index contributed by atoms with van der Waals surface area (Å²) in [6, 6.07) is 18.4. The summed E-state index contributed by atoms with van der Waals surface area (Å²) in [5.41, 5.74) is 3.30. The molecule has 2 aromatic carbocycles. The van der Waals surface area contributed by atoms with Crippen LogP contribution in [0.3, 0.4) is 0 Å². The summed E-state index contributed by atoms with van der Waals surface area (Å²) < 4.78 is 4.12. The van der Waals surface area contributed by atoms with Gasteiger partial charge in [-0.1, -0.05) is 54.2 Å². The number of hydrogen-bond donors (Lipinski definition) is 1. The van der Waals surface area contributed by atoms with E-state index in [4.69, 9.17) is 0 Å². The molecule has 0 saturated heterocycles. The van der Waals surface area contributed by atoms with Crippen molar-refractivity contribution in [3.05, 3.63) is 90.3 Å². The molecule has 168 valence electrons. The van der Waals surface area contributed by atoms with Gasteiger partial charge in [0.2, 0.25) is 5.91 Å². The minimum Gasteiger partial charge on any atom is -0.349 e. The molecule has 5 rings (SSSR count). The van der Waals surface area contributed by atoms with Gasteiger partial charge in [-0.3, -0.25) is 4.79 Å². The van der Waals surface area contributed by atoms with Gasteiger partial charge in [0.15, 0.2) is 5.16 Å². The molecule has 0 radical (unpaired) electrons. The van der Waals surface area contributed by atoms with Crippen molar-refractivity contribution in [1.29, 1.82) is 0 Å². The highest BCUT2D eigenvalue weighted by Gasteiger charge is 2.30. The summed E-state index contributed by atoms with van der Waals surface area (Å²) in [5, 5.41) is 12.7. The highest BCUT2D eigenvalue weighted by molar-refractivity contribution is 7.99. The second-order valence-corrected chi connectivity index (χ2v) is 9.27. The average Bonchev–Trinajstić information content (AvgIpc) is 3.38. The third-order valence-electron chi connectivity index (χ3n) is 5.78. The molecule has 1 aliphatic carbocycles. The van der Waals surface area contributed by atoms with Crippen LogP contribution in [-0.4, -0.2) is 36.0 Å². The predicted octanol–water partition coefficient (Wildman–Crippen LogP) is 4.36. The summed E-state index contributed by atoms with van der Waals surface area (Å²) in [4.78, 5) is 16.8. The van der Waals surface area contributed by atoms with Gasteiger partial charge < -0.3 is 14.5 Å². The first-order valence-electron chi connectivity index (χ1n) is 11.1. The molecule has 0 bridgehead atoms. The second kappa shape index (κ2) is 9.62. The van der Waals surface area contributed by atoms with Crippen LogP contribution < -0.4 is 5.32 Å². The van der Waals surface area contributed by atoms with Gasteiger partial charge in [-0.05, 0) is 43.0 Å². The number of benzene rings is 2. The van der Waals surface area contributed by atoms with Crippen LogP contribution >= 0.6 is 11.8 Å². The van der Waals surface area contributed by atoms with Gasteiger partial charge in [0, 0.05) is 24.0 Å². The first kappa shape index (κ1) is 21.5. The van der Waals surface area contributed by atoms with Gasteiger partial charge in [0.25, 0.3) is 0 Å². The zero-order valence-corrected chi connectivity index (χ0v) is 19.3. The molecule has 1 fully saturated rings. The molecule has 8 heteroatoms. The molecule has 1 N–H and O–H groups in total. The van der Waals surface area contributed by atoms with Crippen LogP contribution in [0.15, 0.2) is 78.5 Å². The molecular weight excluding hydrogens is 432 g/mol. The standard InChI is InChI=1S/C25H26N6OS/c1-18(20-9-11-22(12-10-20)30-14-13-26-17-30)27-23(32)16-33-25-29-28-24(21-7-8-21)31(25)15-19-5-3-2-4-6-19/h2-6,9-14,17-18,21H,7-8,15-16H2,1H3,(H,27,32)/t18-/m1/s1. The van der Waals surface area contributed by atoms with Gasteiger partial charge in [0.1, 0.15) is 5.82 Å².